The van der Waals surface area contributed by atoms with E-state index in [0.717, 1.165) is 10.8 Å². The molecule has 1 N–H and O–H groups in total. The van der Waals surface area contributed by atoms with Gasteiger partial charge in [-0.2, -0.15) is 0 Å². The zero-order chi connectivity index (χ0) is 23.1. The SMILES string of the molecule is COc1ccccc1C1/C(=C(\O)c2ccc3ccccc3c2)C(=O)C(=O)N1c1cc(C)on1. The second-order valence-electron chi connectivity index (χ2n) is 7.77. The lowest BCUT2D eigenvalue weighted by molar-refractivity contribution is -0.132. The van der Waals surface area contributed by atoms with E-state index in [1.807, 2.05) is 30.3 Å². The van der Waals surface area contributed by atoms with Crippen molar-refractivity contribution in [2.24, 2.45) is 0 Å². The fourth-order valence-electron chi connectivity index (χ4n) is 4.21. The van der Waals surface area contributed by atoms with Crippen molar-refractivity contribution < 1.29 is 24.0 Å². The molecule has 5 rings (SSSR count). The lowest BCUT2D eigenvalue weighted by atomic mass is 9.94. The maximum atomic E-state index is 13.2. The lowest BCUT2D eigenvalue weighted by Crippen LogP contribution is -2.29. The number of hydrogen-bond acceptors (Lipinski definition) is 6. The number of ether oxygens (including phenoxy) is 1. The molecule has 1 aromatic heterocycles. The first-order valence-electron chi connectivity index (χ1n) is 10.4. The number of carbonyl (C=O) groups is 2. The summed E-state index contributed by atoms with van der Waals surface area (Å²) in [6.07, 6.45) is 0. The number of ketones is 1. The minimum atomic E-state index is -0.947. The molecule has 0 aliphatic carbocycles. The molecule has 1 saturated heterocycles. The van der Waals surface area contributed by atoms with Crippen molar-refractivity contribution in [2.45, 2.75) is 13.0 Å². The third-order valence-corrected chi connectivity index (χ3v) is 5.76. The van der Waals surface area contributed by atoms with Gasteiger partial charge in [-0.05, 0) is 29.8 Å². The maximum Gasteiger partial charge on any atom is 0.301 e. The Hall–Kier alpha value is -4.39. The maximum absolute atomic E-state index is 13.2. The van der Waals surface area contributed by atoms with Gasteiger partial charge in [-0.3, -0.25) is 14.5 Å². The third-order valence-electron chi connectivity index (χ3n) is 5.76. The van der Waals surface area contributed by atoms with Crippen molar-refractivity contribution in [3.05, 3.63) is 95.3 Å². The quantitative estimate of drug-likeness (QED) is 0.279. The Bertz CT molecular complexity index is 1440. The van der Waals surface area contributed by atoms with Crippen LogP contribution < -0.4 is 9.64 Å². The molecule has 1 unspecified atom stereocenters. The van der Waals surface area contributed by atoms with E-state index in [0.29, 0.717) is 22.6 Å². The van der Waals surface area contributed by atoms with Crippen molar-refractivity contribution in [3.8, 4) is 5.75 Å². The van der Waals surface area contributed by atoms with Crippen molar-refractivity contribution in [3.63, 3.8) is 0 Å². The van der Waals surface area contributed by atoms with Crippen LogP contribution >= 0.6 is 0 Å². The zero-order valence-corrected chi connectivity index (χ0v) is 18.0. The van der Waals surface area contributed by atoms with Gasteiger partial charge in [0.25, 0.3) is 5.78 Å². The number of aliphatic hydroxyl groups excluding tert-OH is 1. The highest BCUT2D eigenvalue weighted by Gasteiger charge is 2.49. The highest BCUT2D eigenvalue weighted by atomic mass is 16.5. The smallest absolute Gasteiger partial charge is 0.301 e. The molecule has 3 aromatic carbocycles. The van der Waals surface area contributed by atoms with Crippen LogP contribution in [0.1, 0.15) is 22.9 Å². The number of aromatic nitrogens is 1. The van der Waals surface area contributed by atoms with Crippen LogP contribution in [0.3, 0.4) is 0 Å². The first kappa shape index (κ1) is 20.5. The van der Waals surface area contributed by atoms with Crippen LogP contribution in [0.4, 0.5) is 5.82 Å². The molecule has 164 valence electrons. The van der Waals surface area contributed by atoms with Gasteiger partial charge in [0.05, 0.1) is 12.7 Å². The summed E-state index contributed by atoms with van der Waals surface area (Å²) in [5.41, 5.74) is 0.936. The Morgan fingerprint density at radius 2 is 1.73 bits per heavy atom. The molecule has 1 atom stereocenters. The predicted molar refractivity (Wildman–Crippen MR) is 123 cm³/mol. The molecular formula is C26H20N2O5. The van der Waals surface area contributed by atoms with Crippen molar-refractivity contribution in [1.29, 1.82) is 0 Å². The van der Waals surface area contributed by atoms with Gasteiger partial charge in [-0.15, -0.1) is 0 Å². The number of rotatable bonds is 4. The van der Waals surface area contributed by atoms with E-state index in [2.05, 4.69) is 5.16 Å². The summed E-state index contributed by atoms with van der Waals surface area (Å²) >= 11 is 0. The van der Waals surface area contributed by atoms with Crippen molar-refractivity contribution >= 4 is 34.0 Å². The highest BCUT2D eigenvalue weighted by Crippen LogP contribution is 2.44. The molecule has 7 heteroatoms. The van der Waals surface area contributed by atoms with Crippen LogP contribution in [0.2, 0.25) is 0 Å². The summed E-state index contributed by atoms with van der Waals surface area (Å²) in [6, 6.07) is 20.8. The first-order chi connectivity index (χ1) is 16.0. The van der Waals surface area contributed by atoms with E-state index < -0.39 is 17.7 Å². The van der Waals surface area contributed by atoms with Crippen LogP contribution in [0, 0.1) is 6.92 Å². The fourth-order valence-corrected chi connectivity index (χ4v) is 4.21. The number of anilines is 1. The van der Waals surface area contributed by atoms with Crippen LogP contribution in [-0.4, -0.2) is 29.1 Å². The number of aryl methyl sites for hydroxylation is 1. The third kappa shape index (κ3) is 3.34. The molecular weight excluding hydrogens is 420 g/mol. The molecule has 2 heterocycles. The molecule has 1 aliphatic rings. The Labute approximate surface area is 189 Å². The zero-order valence-electron chi connectivity index (χ0n) is 18.0. The molecule has 7 nitrogen and oxygen atoms in total. The van der Waals surface area contributed by atoms with Crippen LogP contribution in [0.5, 0.6) is 5.75 Å². The molecule has 0 bridgehead atoms. The van der Waals surface area contributed by atoms with Gasteiger partial charge in [-0.25, -0.2) is 0 Å². The van der Waals surface area contributed by atoms with E-state index >= 15 is 0 Å². The average Bonchev–Trinajstić information content (AvgIpc) is 3.38. The Kier molecular flexibility index (Phi) is 4.94. The van der Waals surface area contributed by atoms with Gasteiger partial charge in [0, 0.05) is 17.2 Å². The molecule has 33 heavy (non-hydrogen) atoms. The second kappa shape index (κ2) is 7.94. The normalized spacial score (nSPS) is 17.6. The number of fused-ring (bicyclic) bond motifs is 1. The number of methoxy groups -OCH3 is 1. The van der Waals surface area contributed by atoms with Gasteiger partial charge in [0.15, 0.2) is 5.82 Å². The van der Waals surface area contributed by atoms with Gasteiger partial charge in [0.1, 0.15) is 23.3 Å². The summed E-state index contributed by atoms with van der Waals surface area (Å²) in [5.74, 6) is -0.737. The number of Topliss-reactive ketones (excluding diaryl/α,β-unsaturated/α-hetero) is 1. The number of nitrogens with zero attached hydrogens (tertiary/aromatic N) is 2. The second-order valence-corrected chi connectivity index (χ2v) is 7.77. The predicted octanol–water partition coefficient (Wildman–Crippen LogP) is 4.77. The molecule has 4 aromatic rings. The molecule has 0 radical (unpaired) electrons. The molecule has 1 aliphatic heterocycles. The molecule has 1 fully saturated rings. The first-order valence-corrected chi connectivity index (χ1v) is 10.4. The van der Waals surface area contributed by atoms with Gasteiger partial charge in [0.2, 0.25) is 0 Å². The van der Waals surface area contributed by atoms with E-state index in [1.165, 1.54) is 12.0 Å². The van der Waals surface area contributed by atoms with Crippen LogP contribution in [0.15, 0.2) is 82.9 Å². The number of benzene rings is 3. The summed E-state index contributed by atoms with van der Waals surface area (Å²) in [6.45, 7) is 1.69. The summed E-state index contributed by atoms with van der Waals surface area (Å²) in [7, 11) is 1.51. The number of para-hydroxylation sites is 1. The topological polar surface area (TPSA) is 92.9 Å². The molecule has 0 spiro atoms. The van der Waals surface area contributed by atoms with Gasteiger partial charge in [-0.1, -0.05) is 59.8 Å². The standard InChI is InChI=1S/C26H20N2O5/c1-15-13-21(27-33-15)28-23(19-9-5-6-10-20(19)32-2)22(25(30)26(28)31)24(29)18-12-11-16-7-3-4-8-17(16)14-18/h3-14,23,29H,1-2H3/b24-22+. The van der Waals surface area contributed by atoms with Crippen LogP contribution in [-0.2, 0) is 9.59 Å². The highest BCUT2D eigenvalue weighted by molar-refractivity contribution is 6.51. The average molecular weight is 440 g/mol. The molecule has 1 amide bonds. The largest absolute Gasteiger partial charge is 0.507 e. The van der Waals surface area contributed by atoms with Crippen LogP contribution in [0.25, 0.3) is 16.5 Å². The molecule has 0 saturated carbocycles. The Morgan fingerprint density at radius 3 is 2.45 bits per heavy atom. The fraction of sp³-hybridized carbons (Fsp3) is 0.115. The summed E-state index contributed by atoms with van der Waals surface area (Å²) in [4.78, 5) is 27.7. The van der Waals surface area contributed by atoms with Crippen molar-refractivity contribution in [2.75, 3.05) is 12.0 Å². The lowest BCUT2D eigenvalue weighted by Gasteiger charge is -2.24. The van der Waals surface area contributed by atoms with Crippen molar-refractivity contribution in [1.82, 2.24) is 5.16 Å². The summed E-state index contributed by atoms with van der Waals surface area (Å²) < 4.78 is 10.7. The number of carbonyl (C=O) groups excluding carboxylic acids is 2. The number of hydrogen-bond donors (Lipinski definition) is 1. The van der Waals surface area contributed by atoms with E-state index in [9.17, 15) is 14.7 Å². The van der Waals surface area contributed by atoms with E-state index in [-0.39, 0.29) is 17.2 Å². The minimum absolute atomic E-state index is 0.0413. The van der Waals surface area contributed by atoms with Gasteiger partial charge >= 0.3 is 5.91 Å². The monoisotopic (exact) mass is 440 g/mol. The Morgan fingerprint density at radius 1 is 1.00 bits per heavy atom. The summed E-state index contributed by atoms with van der Waals surface area (Å²) in [5, 5.41) is 17.2. The number of aliphatic hydroxyl groups is 1. The minimum Gasteiger partial charge on any atom is -0.507 e. The van der Waals surface area contributed by atoms with E-state index in [4.69, 9.17) is 9.26 Å². The Balaban J connectivity index is 1.76. The number of amides is 1. The van der Waals surface area contributed by atoms with E-state index in [1.54, 1.807) is 49.4 Å². The van der Waals surface area contributed by atoms with Gasteiger partial charge < -0.3 is 14.4 Å².